The lowest BCUT2D eigenvalue weighted by atomic mass is 9.78. The number of fused-ring (bicyclic) bond motifs is 1. The van der Waals surface area contributed by atoms with Gasteiger partial charge in [-0.15, -0.1) is 0 Å². The summed E-state index contributed by atoms with van der Waals surface area (Å²) in [7, 11) is 0. The van der Waals surface area contributed by atoms with Crippen molar-refractivity contribution >= 4 is 23.2 Å². The summed E-state index contributed by atoms with van der Waals surface area (Å²) in [6, 6.07) is 7.69. The van der Waals surface area contributed by atoms with Crippen LogP contribution in [0.4, 0.5) is 5.69 Å². The molecule has 0 aromatic heterocycles. The Kier molecular flexibility index (Phi) is 5.20. The molecule has 1 amide bonds. The van der Waals surface area contributed by atoms with Crippen molar-refractivity contribution in [3.63, 3.8) is 0 Å². The third-order valence-electron chi connectivity index (χ3n) is 5.27. The SMILES string of the molecule is N#Cc1ccc(Cl)cc1NC(=O)C[NH+]1CCC[C@H]2CCCC[C@@H]21. The molecule has 0 spiro atoms. The van der Waals surface area contributed by atoms with Crippen LogP contribution in [0.15, 0.2) is 18.2 Å². The molecule has 0 bridgehead atoms. The lowest BCUT2D eigenvalue weighted by molar-refractivity contribution is -0.928. The Bertz CT molecular complexity index is 623. The molecule has 0 radical (unpaired) electrons. The Morgan fingerprint density at radius 3 is 2.91 bits per heavy atom. The molecule has 1 aliphatic carbocycles. The van der Waals surface area contributed by atoms with Gasteiger partial charge in [-0.1, -0.05) is 18.0 Å². The minimum Gasteiger partial charge on any atom is -0.324 e. The van der Waals surface area contributed by atoms with Crippen LogP contribution in [-0.2, 0) is 4.79 Å². The summed E-state index contributed by atoms with van der Waals surface area (Å²) in [5, 5.41) is 12.6. The second-order valence-corrected chi connectivity index (χ2v) is 7.16. The average Bonchev–Trinajstić information content (AvgIpc) is 2.55. The van der Waals surface area contributed by atoms with E-state index in [0.29, 0.717) is 28.9 Å². The first-order chi connectivity index (χ1) is 11.2. The number of nitriles is 1. The number of carbonyl (C=O) groups excluding carboxylic acids is 1. The lowest BCUT2D eigenvalue weighted by Gasteiger charge is -2.40. The summed E-state index contributed by atoms with van der Waals surface area (Å²) in [5.41, 5.74) is 0.966. The maximum absolute atomic E-state index is 12.5. The maximum Gasteiger partial charge on any atom is 0.279 e. The highest BCUT2D eigenvalue weighted by Gasteiger charge is 2.37. The molecular weight excluding hydrogens is 310 g/mol. The molecule has 2 N–H and O–H groups in total. The summed E-state index contributed by atoms with van der Waals surface area (Å²) in [6.07, 6.45) is 7.73. The summed E-state index contributed by atoms with van der Waals surface area (Å²) in [4.78, 5) is 13.9. The summed E-state index contributed by atoms with van der Waals surface area (Å²) >= 11 is 5.97. The number of hydrogen-bond acceptors (Lipinski definition) is 2. The second kappa shape index (κ2) is 7.33. The van der Waals surface area contributed by atoms with E-state index >= 15 is 0 Å². The van der Waals surface area contributed by atoms with Gasteiger partial charge in [0.15, 0.2) is 6.54 Å². The van der Waals surface area contributed by atoms with Crippen molar-refractivity contribution in [2.24, 2.45) is 5.92 Å². The summed E-state index contributed by atoms with van der Waals surface area (Å²) in [6.45, 7) is 1.56. The Morgan fingerprint density at radius 2 is 2.09 bits per heavy atom. The standard InChI is InChI=1S/C18H22ClN3O/c19-15-8-7-14(11-20)16(10-15)21-18(23)12-22-9-3-5-13-4-1-2-6-17(13)22/h7-8,10,13,17H,1-6,9,12H2,(H,21,23)/p+1/t13-,17+/m1/s1. The summed E-state index contributed by atoms with van der Waals surface area (Å²) < 4.78 is 0. The van der Waals surface area contributed by atoms with Gasteiger partial charge in [-0.3, -0.25) is 4.79 Å². The van der Waals surface area contributed by atoms with Crippen molar-refractivity contribution in [3.05, 3.63) is 28.8 Å². The molecule has 5 heteroatoms. The van der Waals surface area contributed by atoms with Gasteiger partial charge in [-0.05, 0) is 50.3 Å². The van der Waals surface area contributed by atoms with E-state index in [-0.39, 0.29) is 5.91 Å². The smallest absolute Gasteiger partial charge is 0.279 e. The molecule has 1 aliphatic heterocycles. The zero-order valence-electron chi connectivity index (χ0n) is 13.3. The van der Waals surface area contributed by atoms with Gasteiger partial charge in [0.1, 0.15) is 6.07 Å². The highest BCUT2D eigenvalue weighted by atomic mass is 35.5. The van der Waals surface area contributed by atoms with Crippen LogP contribution in [0.25, 0.3) is 0 Å². The number of piperidine rings is 1. The number of likely N-dealkylation sites (tertiary alicyclic amines) is 1. The number of benzene rings is 1. The first-order valence-electron chi connectivity index (χ1n) is 8.51. The van der Waals surface area contributed by atoms with Crippen molar-refractivity contribution in [2.45, 2.75) is 44.6 Å². The third-order valence-corrected chi connectivity index (χ3v) is 5.51. The van der Waals surface area contributed by atoms with E-state index < -0.39 is 0 Å². The van der Waals surface area contributed by atoms with Crippen LogP contribution in [0, 0.1) is 17.2 Å². The summed E-state index contributed by atoms with van der Waals surface area (Å²) in [5.74, 6) is 0.770. The minimum atomic E-state index is -0.0232. The zero-order chi connectivity index (χ0) is 16.2. The molecule has 122 valence electrons. The highest BCUT2D eigenvalue weighted by molar-refractivity contribution is 6.31. The van der Waals surface area contributed by atoms with Crippen molar-refractivity contribution < 1.29 is 9.69 Å². The molecule has 1 aromatic carbocycles. The van der Waals surface area contributed by atoms with Gasteiger partial charge in [0.2, 0.25) is 0 Å². The predicted octanol–water partition coefficient (Wildman–Crippen LogP) is 2.39. The van der Waals surface area contributed by atoms with Crippen molar-refractivity contribution in [1.82, 2.24) is 0 Å². The lowest BCUT2D eigenvalue weighted by Crippen LogP contribution is -3.18. The fourth-order valence-electron chi connectivity index (χ4n) is 4.20. The molecule has 3 rings (SSSR count). The van der Waals surface area contributed by atoms with Gasteiger partial charge in [0.05, 0.1) is 23.8 Å². The van der Waals surface area contributed by atoms with Crippen LogP contribution in [0.1, 0.15) is 44.1 Å². The van der Waals surface area contributed by atoms with E-state index in [1.807, 2.05) is 0 Å². The number of nitrogens with zero attached hydrogens (tertiary/aromatic N) is 1. The van der Waals surface area contributed by atoms with Gasteiger partial charge in [0.25, 0.3) is 5.91 Å². The topological polar surface area (TPSA) is 57.3 Å². The third kappa shape index (κ3) is 3.85. The number of rotatable bonds is 3. The van der Waals surface area contributed by atoms with Crippen LogP contribution in [0.5, 0.6) is 0 Å². The van der Waals surface area contributed by atoms with Crippen molar-refractivity contribution in [1.29, 1.82) is 5.26 Å². The second-order valence-electron chi connectivity index (χ2n) is 6.73. The number of hydrogen-bond donors (Lipinski definition) is 2. The molecule has 1 heterocycles. The Labute approximate surface area is 142 Å². The highest BCUT2D eigenvalue weighted by Crippen LogP contribution is 2.28. The first kappa shape index (κ1) is 16.3. The number of halogens is 1. The molecule has 1 unspecified atom stereocenters. The number of quaternary nitrogens is 1. The van der Waals surface area contributed by atoms with E-state index in [4.69, 9.17) is 16.9 Å². The Balaban J connectivity index is 1.65. The zero-order valence-corrected chi connectivity index (χ0v) is 14.0. The Hall–Kier alpha value is -1.57. The van der Waals surface area contributed by atoms with Gasteiger partial charge in [-0.25, -0.2) is 0 Å². The van der Waals surface area contributed by atoms with E-state index in [1.165, 1.54) is 43.4 Å². The van der Waals surface area contributed by atoms with Crippen molar-refractivity contribution in [3.8, 4) is 6.07 Å². The number of anilines is 1. The normalized spacial score (nSPS) is 26.9. The number of carbonyl (C=O) groups is 1. The largest absolute Gasteiger partial charge is 0.324 e. The fraction of sp³-hybridized carbons (Fsp3) is 0.556. The van der Waals surface area contributed by atoms with Crippen LogP contribution in [0.2, 0.25) is 5.02 Å². The Morgan fingerprint density at radius 1 is 1.30 bits per heavy atom. The predicted molar refractivity (Wildman–Crippen MR) is 90.5 cm³/mol. The molecule has 2 fully saturated rings. The average molecular weight is 333 g/mol. The monoisotopic (exact) mass is 332 g/mol. The molecular formula is C18H23ClN3O+. The van der Waals surface area contributed by atoms with Gasteiger partial charge in [0, 0.05) is 10.9 Å². The van der Waals surface area contributed by atoms with Gasteiger partial charge < -0.3 is 10.2 Å². The van der Waals surface area contributed by atoms with Crippen molar-refractivity contribution in [2.75, 3.05) is 18.4 Å². The van der Waals surface area contributed by atoms with E-state index in [0.717, 1.165) is 12.5 Å². The maximum atomic E-state index is 12.5. The molecule has 23 heavy (non-hydrogen) atoms. The van der Waals surface area contributed by atoms with Crippen LogP contribution >= 0.6 is 11.6 Å². The van der Waals surface area contributed by atoms with Crippen LogP contribution < -0.4 is 10.2 Å². The van der Waals surface area contributed by atoms with Crippen LogP contribution in [0.3, 0.4) is 0 Å². The minimum absolute atomic E-state index is 0.0232. The van der Waals surface area contributed by atoms with E-state index in [2.05, 4.69) is 11.4 Å². The van der Waals surface area contributed by atoms with E-state index in [1.54, 1.807) is 18.2 Å². The van der Waals surface area contributed by atoms with Gasteiger partial charge in [-0.2, -0.15) is 5.26 Å². The number of amides is 1. The molecule has 1 saturated heterocycles. The molecule has 1 aromatic rings. The molecule has 3 atom stereocenters. The molecule has 1 saturated carbocycles. The molecule has 4 nitrogen and oxygen atoms in total. The van der Waals surface area contributed by atoms with Crippen LogP contribution in [-0.4, -0.2) is 25.0 Å². The van der Waals surface area contributed by atoms with Gasteiger partial charge >= 0.3 is 0 Å². The quantitative estimate of drug-likeness (QED) is 0.893. The fourth-order valence-corrected chi connectivity index (χ4v) is 4.38. The first-order valence-corrected chi connectivity index (χ1v) is 8.89. The number of nitrogens with one attached hydrogen (secondary N) is 2. The molecule has 2 aliphatic rings. The van der Waals surface area contributed by atoms with E-state index in [9.17, 15) is 4.79 Å².